The number of carbonyl (C=O) groups excluding carboxylic acids is 1. The Hall–Kier alpha value is -4.79. The zero-order chi connectivity index (χ0) is 27.0. The number of phenolic OH excluding ortho intramolecular Hbond substituents is 1. The van der Waals surface area contributed by atoms with E-state index in [1.165, 1.54) is 18.3 Å². The molecule has 0 fully saturated rings. The number of aryl methyl sites for hydroxylation is 2. The van der Waals surface area contributed by atoms with Crippen LogP contribution in [0.4, 0.5) is 5.69 Å². The molecule has 2 aliphatic rings. The van der Waals surface area contributed by atoms with Gasteiger partial charge in [-0.2, -0.15) is 5.10 Å². The molecule has 190 valence electrons. The van der Waals surface area contributed by atoms with Crippen LogP contribution in [0.3, 0.4) is 0 Å². The Morgan fingerprint density at radius 1 is 1.00 bits per heavy atom. The van der Waals surface area contributed by atoms with E-state index >= 15 is 0 Å². The molecule has 5 rings (SSSR count). The number of phenols is 1. The van der Waals surface area contributed by atoms with Gasteiger partial charge in [0.25, 0.3) is 0 Å². The Bertz CT molecular complexity index is 1580. The van der Waals surface area contributed by atoms with Gasteiger partial charge >= 0.3 is 5.97 Å². The summed E-state index contributed by atoms with van der Waals surface area (Å²) in [6.07, 6.45) is 6.48. The highest BCUT2D eigenvalue weighted by Crippen LogP contribution is 2.36. The minimum atomic E-state index is -1.07. The van der Waals surface area contributed by atoms with Crippen LogP contribution in [0.5, 0.6) is 5.75 Å². The first kappa shape index (κ1) is 24.9. The Morgan fingerprint density at radius 3 is 2.47 bits per heavy atom. The lowest BCUT2D eigenvalue weighted by Crippen LogP contribution is -3.03. The van der Waals surface area contributed by atoms with Gasteiger partial charge < -0.3 is 20.5 Å². The summed E-state index contributed by atoms with van der Waals surface area (Å²) < 4.78 is 0. The molecule has 0 saturated carbocycles. The maximum absolute atomic E-state index is 13.6. The van der Waals surface area contributed by atoms with Gasteiger partial charge in [0.1, 0.15) is 17.5 Å². The molecular formula is C30H25N3O5. The van der Waals surface area contributed by atoms with Crippen molar-refractivity contribution in [1.82, 2.24) is 0 Å². The number of carbonyl (C=O) groups is 2. The van der Waals surface area contributed by atoms with Crippen molar-refractivity contribution in [3.63, 3.8) is 0 Å². The molecule has 1 heterocycles. The van der Waals surface area contributed by atoms with Gasteiger partial charge in [-0.1, -0.05) is 47.5 Å². The summed E-state index contributed by atoms with van der Waals surface area (Å²) in [5.74, 6) is -1.59. The number of hydrazone groups is 1. The van der Waals surface area contributed by atoms with E-state index in [9.17, 15) is 25.0 Å². The number of ketones is 1. The summed E-state index contributed by atoms with van der Waals surface area (Å²) >= 11 is 0. The van der Waals surface area contributed by atoms with Gasteiger partial charge in [0.05, 0.1) is 23.0 Å². The van der Waals surface area contributed by atoms with Crippen LogP contribution in [-0.4, -0.2) is 27.7 Å². The number of nitrogens with one attached hydrogen (secondary N) is 2. The van der Waals surface area contributed by atoms with Gasteiger partial charge in [-0.3, -0.25) is 10.2 Å². The van der Waals surface area contributed by atoms with Crippen LogP contribution in [-0.2, 0) is 4.79 Å². The highest BCUT2D eigenvalue weighted by molar-refractivity contribution is 6.51. The van der Waals surface area contributed by atoms with Crippen LogP contribution in [0.25, 0.3) is 11.1 Å². The van der Waals surface area contributed by atoms with Crippen LogP contribution in [0.1, 0.15) is 33.1 Å². The van der Waals surface area contributed by atoms with E-state index in [2.05, 4.69) is 10.5 Å². The van der Waals surface area contributed by atoms with Crippen LogP contribution >= 0.6 is 0 Å². The van der Waals surface area contributed by atoms with Gasteiger partial charge in [-0.25, -0.2) is 4.79 Å². The molecule has 8 nitrogen and oxygen atoms in total. The summed E-state index contributed by atoms with van der Waals surface area (Å²) in [6.45, 7) is 3.90. The van der Waals surface area contributed by atoms with Crippen LogP contribution < -0.4 is 10.5 Å². The lowest BCUT2D eigenvalue weighted by atomic mass is 9.83. The quantitative estimate of drug-likeness (QED) is 0.177. The molecule has 3 aromatic carbocycles. The largest absolute Gasteiger partial charge is 0.629 e. The van der Waals surface area contributed by atoms with Crippen LogP contribution in [0, 0.1) is 19.1 Å². The predicted octanol–water partition coefficient (Wildman–Crippen LogP) is 4.23. The predicted molar refractivity (Wildman–Crippen MR) is 145 cm³/mol. The van der Waals surface area contributed by atoms with Crippen LogP contribution in [0.2, 0.25) is 0 Å². The van der Waals surface area contributed by atoms with E-state index in [4.69, 9.17) is 0 Å². The molecule has 4 N–H and O–H groups in total. The number of Topliss-reactive ketones (excluding diaryl/α,β-unsaturated/α-hetero) is 1. The second-order valence-corrected chi connectivity index (χ2v) is 9.32. The number of para-hydroxylation sites is 1. The number of aromatic carboxylic acids is 1. The number of anilines is 1. The van der Waals surface area contributed by atoms with Crippen molar-refractivity contribution < 1.29 is 24.9 Å². The molecule has 2 unspecified atom stereocenters. The molecule has 0 saturated heterocycles. The van der Waals surface area contributed by atoms with Gasteiger partial charge in [0.2, 0.25) is 5.78 Å². The Morgan fingerprint density at radius 2 is 1.74 bits per heavy atom. The van der Waals surface area contributed by atoms with Gasteiger partial charge in [0.15, 0.2) is 0 Å². The lowest BCUT2D eigenvalue weighted by molar-refractivity contribution is -0.821. The maximum Gasteiger partial charge on any atom is 0.335 e. The molecule has 2 atom stereocenters. The highest BCUT2D eigenvalue weighted by atomic mass is 16.5. The fraction of sp³-hybridized carbons (Fsp3) is 0.100. The fourth-order valence-corrected chi connectivity index (χ4v) is 4.86. The van der Waals surface area contributed by atoms with E-state index in [0.29, 0.717) is 22.3 Å². The van der Waals surface area contributed by atoms with E-state index in [1.54, 1.807) is 48.6 Å². The first-order valence-electron chi connectivity index (χ1n) is 12.0. The monoisotopic (exact) mass is 507 g/mol. The van der Waals surface area contributed by atoms with Crippen molar-refractivity contribution in [2.24, 2.45) is 5.10 Å². The number of hydroxylamine groups is 2. The zero-order valence-corrected chi connectivity index (χ0v) is 20.7. The number of benzene rings is 3. The second-order valence-electron chi connectivity index (χ2n) is 9.32. The summed E-state index contributed by atoms with van der Waals surface area (Å²) in [6, 6.07) is 16.3. The minimum absolute atomic E-state index is 0.0944. The summed E-state index contributed by atoms with van der Waals surface area (Å²) in [5.41, 5.74) is 7.92. The number of nitrogens with zero attached hydrogens (tertiary/aromatic N) is 1. The van der Waals surface area contributed by atoms with Crippen molar-refractivity contribution in [2.75, 3.05) is 5.43 Å². The first-order chi connectivity index (χ1) is 18.2. The van der Waals surface area contributed by atoms with E-state index in [-0.39, 0.29) is 33.6 Å². The van der Waals surface area contributed by atoms with Crippen LogP contribution in [0.15, 0.2) is 101 Å². The van der Waals surface area contributed by atoms with Gasteiger partial charge in [0, 0.05) is 11.1 Å². The average molecular weight is 508 g/mol. The van der Waals surface area contributed by atoms with E-state index in [0.717, 1.165) is 16.7 Å². The molecule has 3 aromatic rings. The van der Waals surface area contributed by atoms with Gasteiger partial charge in [-0.05, 0) is 67.5 Å². The fourth-order valence-electron chi connectivity index (χ4n) is 4.86. The molecule has 0 radical (unpaired) electrons. The number of carboxylic acid groups (broad SMARTS) is 1. The number of carboxylic acids is 1. The number of rotatable bonds is 5. The SMILES string of the molecule is Cc1cc(C)cc(C2C3=C(C=CC(=NNc4cccc(-c5cccc(C(=O)O)c5)c4O)C3=O)C=C[NH+]2[O-])c1. The number of hydrogen-bond acceptors (Lipinski definition) is 6. The Kier molecular flexibility index (Phi) is 6.50. The molecule has 0 aromatic heterocycles. The highest BCUT2D eigenvalue weighted by Gasteiger charge is 2.36. The molecule has 0 spiro atoms. The minimum Gasteiger partial charge on any atom is -0.629 e. The third kappa shape index (κ3) is 4.66. The lowest BCUT2D eigenvalue weighted by Gasteiger charge is -2.34. The Balaban J connectivity index is 1.46. The average Bonchev–Trinajstić information content (AvgIpc) is 2.88. The smallest absolute Gasteiger partial charge is 0.335 e. The topological polar surface area (TPSA) is 126 Å². The molecule has 8 heteroatoms. The summed E-state index contributed by atoms with van der Waals surface area (Å²) in [5, 5.41) is 37.2. The van der Waals surface area contributed by atoms with E-state index < -0.39 is 12.0 Å². The number of hydrogen-bond donors (Lipinski definition) is 4. The molecule has 38 heavy (non-hydrogen) atoms. The maximum atomic E-state index is 13.6. The number of aromatic hydroxyl groups is 1. The number of quaternary nitrogens is 1. The zero-order valence-electron chi connectivity index (χ0n) is 20.7. The van der Waals surface area contributed by atoms with Crippen molar-refractivity contribution in [3.8, 4) is 16.9 Å². The van der Waals surface area contributed by atoms with Gasteiger partial charge in [-0.15, -0.1) is 0 Å². The Labute approximate surface area is 219 Å². The van der Waals surface area contributed by atoms with E-state index in [1.807, 2.05) is 32.0 Å². The van der Waals surface area contributed by atoms with Crippen molar-refractivity contribution in [3.05, 3.63) is 124 Å². The third-order valence-corrected chi connectivity index (χ3v) is 6.54. The third-order valence-electron chi connectivity index (χ3n) is 6.54. The summed E-state index contributed by atoms with van der Waals surface area (Å²) in [7, 11) is 0. The molecule has 0 amide bonds. The summed E-state index contributed by atoms with van der Waals surface area (Å²) in [4.78, 5) is 24.9. The second kappa shape index (κ2) is 9.93. The molecule has 1 aliphatic carbocycles. The van der Waals surface area contributed by atoms with Crippen molar-refractivity contribution >= 4 is 23.2 Å². The normalized spacial score (nSPS) is 19.6. The standard InChI is InChI=1S/C30H25N3O5/c1-17-13-18(2)15-22(14-17)27-26-19(11-12-33(27)38)9-10-25(29(26)35)32-31-24-8-4-7-23(28(24)34)20-5-3-6-21(16-20)30(36)37/h3-16,27,31,33-34H,1-2H3,(H,36,37). The van der Waals surface area contributed by atoms with Crippen molar-refractivity contribution in [1.29, 1.82) is 0 Å². The number of allylic oxidation sites excluding steroid dienone is 4. The first-order valence-corrected chi connectivity index (χ1v) is 12.0. The molecule has 0 bridgehead atoms. The molecular weight excluding hydrogens is 482 g/mol. The molecule has 1 aliphatic heterocycles. The van der Waals surface area contributed by atoms with Crippen molar-refractivity contribution in [2.45, 2.75) is 19.9 Å².